The monoisotopic (exact) mass is 457 g/mol. The van der Waals surface area contributed by atoms with E-state index in [2.05, 4.69) is 26.4 Å². The summed E-state index contributed by atoms with van der Waals surface area (Å²) in [6, 6.07) is 12.0. The predicted molar refractivity (Wildman–Crippen MR) is 127 cm³/mol. The molecule has 0 bridgehead atoms. The van der Waals surface area contributed by atoms with Gasteiger partial charge in [0.1, 0.15) is 5.82 Å². The van der Waals surface area contributed by atoms with Crippen LogP contribution in [0.4, 0.5) is 10.1 Å². The van der Waals surface area contributed by atoms with Crippen molar-refractivity contribution in [1.82, 2.24) is 21.1 Å². The van der Waals surface area contributed by atoms with Crippen molar-refractivity contribution in [3.63, 3.8) is 0 Å². The number of nitrogens with one attached hydrogen (secondary N) is 4. The van der Waals surface area contributed by atoms with E-state index >= 15 is 0 Å². The van der Waals surface area contributed by atoms with E-state index in [1.807, 2.05) is 0 Å². The zero-order valence-electron chi connectivity index (χ0n) is 17.8. The average Bonchev–Trinajstić information content (AvgIpc) is 3.31. The SMILES string of the molecule is O=C(NNC(=S)NCCCCN1CCCC1)c1ccc(NC(=O)c2ccccc2F)cc1. The second kappa shape index (κ2) is 12.1. The lowest BCUT2D eigenvalue weighted by Gasteiger charge is -2.15. The van der Waals surface area contributed by atoms with Crippen molar-refractivity contribution < 1.29 is 14.0 Å². The molecule has 1 aliphatic heterocycles. The van der Waals surface area contributed by atoms with Crippen LogP contribution < -0.4 is 21.5 Å². The molecule has 0 unspecified atom stereocenters. The molecule has 32 heavy (non-hydrogen) atoms. The number of nitrogens with zero attached hydrogens (tertiary/aromatic N) is 1. The number of thiocarbonyl (C=S) groups is 1. The molecule has 0 radical (unpaired) electrons. The highest BCUT2D eigenvalue weighted by Crippen LogP contribution is 2.13. The van der Waals surface area contributed by atoms with Crippen molar-refractivity contribution >= 4 is 34.8 Å². The summed E-state index contributed by atoms with van der Waals surface area (Å²) >= 11 is 5.18. The lowest BCUT2D eigenvalue weighted by molar-refractivity contribution is 0.0943. The Hall–Kier alpha value is -3.04. The summed E-state index contributed by atoms with van der Waals surface area (Å²) in [7, 11) is 0. The third kappa shape index (κ3) is 7.28. The van der Waals surface area contributed by atoms with Crippen LogP contribution in [0.1, 0.15) is 46.4 Å². The number of unbranched alkanes of at least 4 members (excludes halogenated alkanes) is 1. The predicted octanol–water partition coefficient (Wildman–Crippen LogP) is 3.06. The van der Waals surface area contributed by atoms with E-state index in [-0.39, 0.29) is 11.5 Å². The third-order valence-corrected chi connectivity index (χ3v) is 5.44. The number of hydrogen-bond donors (Lipinski definition) is 4. The zero-order valence-corrected chi connectivity index (χ0v) is 18.6. The van der Waals surface area contributed by atoms with Gasteiger partial charge < -0.3 is 15.5 Å². The Balaban J connectivity index is 1.35. The highest BCUT2D eigenvalue weighted by Gasteiger charge is 2.12. The van der Waals surface area contributed by atoms with Crippen LogP contribution in [-0.4, -0.2) is 48.0 Å². The summed E-state index contributed by atoms with van der Waals surface area (Å²) in [6.45, 7) is 4.28. The van der Waals surface area contributed by atoms with Gasteiger partial charge in [-0.25, -0.2) is 4.39 Å². The van der Waals surface area contributed by atoms with Gasteiger partial charge in [-0.2, -0.15) is 0 Å². The minimum Gasteiger partial charge on any atom is -0.361 e. The van der Waals surface area contributed by atoms with Crippen LogP contribution in [0.15, 0.2) is 48.5 Å². The number of carbonyl (C=O) groups is 2. The Morgan fingerprint density at radius 2 is 1.66 bits per heavy atom. The molecule has 0 atom stereocenters. The number of likely N-dealkylation sites (tertiary alicyclic amines) is 1. The molecular formula is C23H28FN5O2S. The van der Waals surface area contributed by atoms with Gasteiger partial charge in [0.2, 0.25) is 0 Å². The second-order valence-electron chi connectivity index (χ2n) is 7.60. The van der Waals surface area contributed by atoms with Gasteiger partial charge >= 0.3 is 0 Å². The lowest BCUT2D eigenvalue weighted by Crippen LogP contribution is -2.47. The molecular weight excluding hydrogens is 429 g/mol. The van der Waals surface area contributed by atoms with Gasteiger partial charge in [-0.15, -0.1) is 0 Å². The summed E-state index contributed by atoms with van der Waals surface area (Å²) in [4.78, 5) is 26.9. The molecule has 2 aromatic rings. The standard InChI is InChI=1S/C23H28FN5O2S/c24-20-8-2-1-7-19(20)22(31)26-18-11-9-17(10-12-18)21(30)27-28-23(32)25-13-3-4-14-29-15-5-6-16-29/h1-2,7-12H,3-6,13-16H2,(H,26,31)(H,27,30)(H2,25,28,32). The van der Waals surface area contributed by atoms with Crippen molar-refractivity contribution in [2.24, 2.45) is 0 Å². The van der Waals surface area contributed by atoms with E-state index in [0.29, 0.717) is 16.4 Å². The molecule has 0 aromatic heterocycles. The zero-order chi connectivity index (χ0) is 22.8. The number of halogens is 1. The topological polar surface area (TPSA) is 85.5 Å². The molecule has 4 N–H and O–H groups in total. The van der Waals surface area contributed by atoms with E-state index in [1.165, 1.54) is 44.1 Å². The molecule has 170 valence electrons. The maximum atomic E-state index is 13.7. The van der Waals surface area contributed by atoms with E-state index in [4.69, 9.17) is 12.2 Å². The molecule has 7 nitrogen and oxygen atoms in total. The van der Waals surface area contributed by atoms with Crippen LogP contribution >= 0.6 is 12.2 Å². The summed E-state index contributed by atoms with van der Waals surface area (Å²) in [5.41, 5.74) is 6.02. The number of anilines is 1. The Morgan fingerprint density at radius 3 is 2.38 bits per heavy atom. The Kier molecular flexibility index (Phi) is 8.94. The van der Waals surface area contributed by atoms with Crippen LogP contribution in [0.2, 0.25) is 0 Å². The largest absolute Gasteiger partial charge is 0.361 e. The summed E-state index contributed by atoms with van der Waals surface area (Å²) in [6.07, 6.45) is 4.72. The van der Waals surface area contributed by atoms with Gasteiger partial charge in [0.15, 0.2) is 5.11 Å². The van der Waals surface area contributed by atoms with Gasteiger partial charge in [0, 0.05) is 17.8 Å². The molecule has 2 aromatic carbocycles. The number of amides is 2. The fourth-order valence-corrected chi connectivity index (χ4v) is 3.60. The van der Waals surface area contributed by atoms with E-state index in [9.17, 15) is 14.0 Å². The minimum atomic E-state index is -0.594. The van der Waals surface area contributed by atoms with E-state index < -0.39 is 11.7 Å². The third-order valence-electron chi connectivity index (χ3n) is 5.20. The first-order valence-electron chi connectivity index (χ1n) is 10.8. The van der Waals surface area contributed by atoms with Gasteiger partial charge in [0.25, 0.3) is 11.8 Å². The van der Waals surface area contributed by atoms with Crippen LogP contribution in [0.3, 0.4) is 0 Å². The molecule has 1 saturated heterocycles. The van der Waals surface area contributed by atoms with Gasteiger partial charge in [-0.05, 0) is 93.9 Å². The quantitative estimate of drug-likeness (QED) is 0.277. The molecule has 1 heterocycles. The lowest BCUT2D eigenvalue weighted by atomic mass is 10.1. The number of hydrogen-bond acceptors (Lipinski definition) is 4. The summed E-state index contributed by atoms with van der Waals surface area (Å²) in [5.74, 6) is -1.52. The number of benzene rings is 2. The van der Waals surface area contributed by atoms with Crippen LogP contribution in [-0.2, 0) is 0 Å². The van der Waals surface area contributed by atoms with Crippen LogP contribution in [0.5, 0.6) is 0 Å². The van der Waals surface area contributed by atoms with Crippen molar-refractivity contribution in [2.75, 3.05) is 31.5 Å². The molecule has 0 aliphatic carbocycles. The van der Waals surface area contributed by atoms with Crippen LogP contribution in [0, 0.1) is 5.82 Å². The van der Waals surface area contributed by atoms with E-state index in [0.717, 1.165) is 25.9 Å². The average molecular weight is 458 g/mol. The fraction of sp³-hybridized carbons (Fsp3) is 0.348. The molecule has 0 spiro atoms. The Labute approximate surface area is 192 Å². The maximum absolute atomic E-state index is 13.7. The number of hydrazine groups is 1. The number of carbonyl (C=O) groups excluding carboxylic acids is 2. The first-order valence-corrected chi connectivity index (χ1v) is 11.2. The molecule has 1 fully saturated rings. The first kappa shape index (κ1) is 23.6. The molecule has 1 aliphatic rings. The normalized spacial score (nSPS) is 13.4. The fourth-order valence-electron chi connectivity index (χ4n) is 3.45. The minimum absolute atomic E-state index is 0.0458. The van der Waals surface area contributed by atoms with Crippen LogP contribution in [0.25, 0.3) is 0 Å². The Morgan fingerprint density at radius 1 is 0.938 bits per heavy atom. The van der Waals surface area contributed by atoms with Crippen molar-refractivity contribution in [3.8, 4) is 0 Å². The smallest absolute Gasteiger partial charge is 0.269 e. The molecule has 2 amide bonds. The highest BCUT2D eigenvalue weighted by molar-refractivity contribution is 7.80. The maximum Gasteiger partial charge on any atom is 0.269 e. The van der Waals surface area contributed by atoms with Crippen molar-refractivity contribution in [2.45, 2.75) is 25.7 Å². The molecule has 0 saturated carbocycles. The van der Waals surface area contributed by atoms with Crippen molar-refractivity contribution in [1.29, 1.82) is 0 Å². The van der Waals surface area contributed by atoms with Crippen molar-refractivity contribution in [3.05, 3.63) is 65.5 Å². The van der Waals surface area contributed by atoms with Gasteiger partial charge in [-0.1, -0.05) is 12.1 Å². The molecule has 3 rings (SSSR count). The summed E-state index contributed by atoms with van der Waals surface area (Å²) in [5, 5.41) is 6.04. The molecule has 9 heteroatoms. The Bertz CT molecular complexity index is 932. The first-order chi connectivity index (χ1) is 15.5. The van der Waals surface area contributed by atoms with E-state index in [1.54, 1.807) is 30.3 Å². The summed E-state index contributed by atoms with van der Waals surface area (Å²) < 4.78 is 13.7. The number of rotatable bonds is 8. The van der Waals surface area contributed by atoms with Gasteiger partial charge in [0.05, 0.1) is 5.56 Å². The highest BCUT2D eigenvalue weighted by atomic mass is 32.1. The van der Waals surface area contributed by atoms with Gasteiger partial charge in [-0.3, -0.25) is 20.4 Å². The second-order valence-corrected chi connectivity index (χ2v) is 8.01.